The van der Waals surface area contributed by atoms with E-state index in [0.717, 1.165) is 36.1 Å². The predicted octanol–water partition coefficient (Wildman–Crippen LogP) is 2.53. The van der Waals surface area contributed by atoms with Gasteiger partial charge >= 0.3 is 12.1 Å². The number of fused-ring (bicyclic) bond motifs is 3. The van der Waals surface area contributed by atoms with Crippen molar-refractivity contribution in [1.82, 2.24) is 10.2 Å². The molecule has 204 valence electrons. The lowest BCUT2D eigenvalue weighted by atomic mass is 9.85. The van der Waals surface area contributed by atoms with Crippen molar-refractivity contribution in [2.24, 2.45) is 5.41 Å². The summed E-state index contributed by atoms with van der Waals surface area (Å²) in [7, 11) is 1.31. The number of nitrogens with zero attached hydrogens (tertiary/aromatic N) is 1. The van der Waals surface area contributed by atoms with Crippen LogP contribution in [0.4, 0.5) is 4.79 Å². The molecule has 1 fully saturated rings. The summed E-state index contributed by atoms with van der Waals surface area (Å²) in [6.45, 7) is 6.44. The molecule has 1 aromatic carbocycles. The van der Waals surface area contributed by atoms with Crippen LogP contribution in [-0.4, -0.2) is 67.9 Å². The van der Waals surface area contributed by atoms with Gasteiger partial charge in [0.15, 0.2) is 0 Å². The van der Waals surface area contributed by atoms with E-state index >= 15 is 0 Å². The molecule has 0 saturated carbocycles. The van der Waals surface area contributed by atoms with Gasteiger partial charge in [-0.15, -0.1) is 6.42 Å². The van der Waals surface area contributed by atoms with Gasteiger partial charge in [-0.1, -0.05) is 45.7 Å². The molecule has 2 aliphatic heterocycles. The van der Waals surface area contributed by atoms with Crippen molar-refractivity contribution in [3.8, 4) is 0 Å². The third-order valence-corrected chi connectivity index (χ3v) is 6.66. The summed E-state index contributed by atoms with van der Waals surface area (Å²) < 4.78 is 16.4. The van der Waals surface area contributed by atoms with Crippen LogP contribution in [0.3, 0.4) is 0 Å². The van der Waals surface area contributed by atoms with Gasteiger partial charge in [-0.05, 0) is 11.8 Å². The van der Waals surface area contributed by atoms with Gasteiger partial charge in [-0.3, -0.25) is 15.2 Å². The third kappa shape index (κ3) is 8.18. The molecule has 2 bridgehead atoms. The van der Waals surface area contributed by atoms with Crippen LogP contribution >= 0.6 is 0 Å². The summed E-state index contributed by atoms with van der Waals surface area (Å²) in [5.74, 6) is -0.854. The summed E-state index contributed by atoms with van der Waals surface area (Å²) >= 11 is 0. The Bertz CT molecular complexity index is 1050. The lowest BCUT2D eigenvalue weighted by Gasteiger charge is -2.34. The second kappa shape index (κ2) is 13.4. The van der Waals surface area contributed by atoms with Gasteiger partial charge in [0.2, 0.25) is 5.91 Å². The number of alkyl carbamates (subject to hydrolysis) is 1. The highest BCUT2D eigenvalue weighted by Crippen LogP contribution is 2.28. The van der Waals surface area contributed by atoms with Gasteiger partial charge in [0.05, 0.1) is 19.8 Å². The zero-order valence-corrected chi connectivity index (χ0v) is 22.4. The zero-order valence-electron chi connectivity index (χ0n) is 22.4. The van der Waals surface area contributed by atoms with Crippen LogP contribution in [-0.2, 0) is 23.8 Å². The van der Waals surface area contributed by atoms with E-state index < -0.39 is 29.6 Å². The van der Waals surface area contributed by atoms with Crippen molar-refractivity contribution in [3.63, 3.8) is 0 Å². The molecule has 37 heavy (non-hydrogen) atoms. The van der Waals surface area contributed by atoms with Crippen LogP contribution in [0.25, 0.3) is 12.2 Å². The Morgan fingerprint density at radius 3 is 2.46 bits per heavy atom. The van der Waals surface area contributed by atoms with Crippen molar-refractivity contribution in [1.29, 1.82) is 0 Å². The third-order valence-electron chi connectivity index (χ3n) is 6.66. The number of methoxy groups -OCH3 is 1. The molecule has 1 N–H and O–H groups in total. The van der Waals surface area contributed by atoms with Crippen molar-refractivity contribution < 1.29 is 28.6 Å². The molecular weight excluding hydrogens is 472 g/mol. The van der Waals surface area contributed by atoms with Gasteiger partial charge in [-0.2, -0.15) is 12.1 Å². The number of rotatable bonds is 1. The Labute approximate surface area is 220 Å². The number of nitrogens with one attached hydrogen (secondary N) is 1. The molecule has 3 rings (SSSR count). The minimum atomic E-state index is -0.874. The highest BCUT2D eigenvalue weighted by Gasteiger charge is 2.45. The fourth-order valence-electron chi connectivity index (χ4n) is 4.59. The van der Waals surface area contributed by atoms with Crippen LogP contribution in [0, 0.1) is 18.3 Å². The van der Waals surface area contributed by atoms with Gasteiger partial charge in [-0.25, -0.2) is 34.6 Å². The van der Waals surface area contributed by atoms with Crippen LogP contribution in [0.2, 0.25) is 0 Å². The topological polar surface area (TPSA) is 94.2 Å². The van der Waals surface area contributed by atoms with E-state index in [1.54, 1.807) is 0 Å². The molecule has 2 aliphatic rings. The minimum absolute atomic E-state index is 0.231. The number of carbonyl (C=O) groups is 3. The summed E-state index contributed by atoms with van der Waals surface area (Å²) in [5.41, 5.74) is -0.604. The van der Waals surface area contributed by atoms with Crippen molar-refractivity contribution in [2.45, 2.75) is 71.1 Å². The van der Waals surface area contributed by atoms with E-state index in [4.69, 9.17) is 14.2 Å². The first-order valence-electron chi connectivity index (χ1n) is 13.1. The molecule has 8 nitrogen and oxygen atoms in total. The normalized spacial score (nSPS) is 24.4. The number of ether oxygens (including phenoxy) is 3. The maximum atomic E-state index is 13.6. The lowest BCUT2D eigenvalue weighted by molar-refractivity contribution is -0.152. The largest absolute Gasteiger partial charge is 0.467 e. The van der Waals surface area contributed by atoms with Crippen LogP contribution < -0.4 is 15.8 Å². The molecule has 0 spiro atoms. The Kier molecular flexibility index (Phi) is 10.3. The first kappa shape index (κ1) is 28.4. The molecule has 0 aromatic heterocycles. The van der Waals surface area contributed by atoms with E-state index in [1.807, 2.05) is 45.4 Å². The highest BCUT2D eigenvalue weighted by molar-refractivity contribution is 5.91. The maximum absolute atomic E-state index is 13.6. The molecule has 8 heteroatoms. The Morgan fingerprint density at radius 2 is 1.78 bits per heavy atom. The summed E-state index contributed by atoms with van der Waals surface area (Å²) in [4.78, 5) is 40.2. The maximum Gasteiger partial charge on any atom is 0.407 e. The molecule has 1 saturated heterocycles. The number of cyclic esters (lactones) is 1. The lowest BCUT2D eigenvalue weighted by Crippen LogP contribution is -2.57. The van der Waals surface area contributed by atoms with Crippen molar-refractivity contribution in [3.05, 3.63) is 47.5 Å². The van der Waals surface area contributed by atoms with E-state index in [1.165, 1.54) is 12.0 Å². The second-order valence-corrected chi connectivity index (χ2v) is 10.6. The Morgan fingerprint density at radius 1 is 1.08 bits per heavy atom. The molecule has 3 atom stereocenters. The van der Waals surface area contributed by atoms with Gasteiger partial charge < -0.3 is 24.4 Å². The number of amides is 2. The minimum Gasteiger partial charge on any atom is -0.467 e. The van der Waals surface area contributed by atoms with E-state index in [2.05, 4.69) is 29.9 Å². The van der Waals surface area contributed by atoms with Gasteiger partial charge in [0.25, 0.3) is 0 Å². The van der Waals surface area contributed by atoms with E-state index in [9.17, 15) is 14.4 Å². The number of benzene rings is 1. The highest BCUT2D eigenvalue weighted by atomic mass is 16.5. The summed E-state index contributed by atoms with van der Waals surface area (Å²) in [5, 5.41) is 4.96. The van der Waals surface area contributed by atoms with Crippen molar-refractivity contribution in [2.75, 3.05) is 26.9 Å². The summed E-state index contributed by atoms with van der Waals surface area (Å²) in [6, 6.07) is 6.50. The average Bonchev–Trinajstić information content (AvgIpc) is 3.29. The molecular formula is C29H40N2O6-2. The fourth-order valence-corrected chi connectivity index (χ4v) is 4.59. The molecule has 2 amide bonds. The number of esters is 1. The Balaban J connectivity index is 1.82. The number of carbonyl (C=O) groups excluding carboxylic acids is 3. The van der Waals surface area contributed by atoms with Crippen molar-refractivity contribution >= 4 is 30.1 Å². The van der Waals surface area contributed by atoms with Crippen LogP contribution in [0.15, 0.2) is 24.3 Å². The molecule has 0 unspecified atom stereocenters. The molecule has 1 aromatic rings. The van der Waals surface area contributed by atoms with Crippen LogP contribution in [0.1, 0.15) is 52.9 Å². The molecule has 2 heterocycles. The van der Waals surface area contributed by atoms with E-state index in [0.29, 0.717) is 13.0 Å². The predicted molar refractivity (Wildman–Crippen MR) is 141 cm³/mol. The standard InChI is InChI=1S/C29H40N2O6/c1-29(2,3)25-26(32)31-20-23(19-24(31)27(33)35-4)36-18-12-16-22-15-10-9-14-21(22)13-8-6-5-7-11-17-37-28(34)30-25/h8-10,12-16,23-25H,5-7,11,17-20H2,1-4H3,(H,30,34)/q-2/t23-,24+,25-/m1/s1. The SMILES string of the molecule is COC(=O)[C@@H]1C[C@@H]2CN1C(=O)[C@H](C(C)(C)C)NC(=O)OCCCCC[CH-]C=c1ccccc1=C[CH-]CO2. The van der Waals surface area contributed by atoms with Gasteiger partial charge in [0.1, 0.15) is 12.1 Å². The number of hydrogen-bond acceptors (Lipinski definition) is 6. The first-order valence-corrected chi connectivity index (χ1v) is 13.1. The summed E-state index contributed by atoms with van der Waals surface area (Å²) in [6.07, 6.45) is 11.2. The zero-order chi connectivity index (χ0) is 26.8. The fraction of sp³-hybridized carbons (Fsp3) is 0.552. The Hall–Kier alpha value is -3.13. The monoisotopic (exact) mass is 512 g/mol. The number of hydrogen-bond donors (Lipinski definition) is 1. The average molecular weight is 513 g/mol. The van der Waals surface area contributed by atoms with Gasteiger partial charge in [0, 0.05) is 19.6 Å². The second-order valence-electron chi connectivity index (χ2n) is 10.6. The first-order chi connectivity index (χ1) is 17.7. The molecule has 0 aliphatic carbocycles. The molecule has 0 radical (unpaired) electrons. The van der Waals surface area contributed by atoms with E-state index in [-0.39, 0.29) is 25.2 Å². The van der Waals surface area contributed by atoms with Crippen LogP contribution in [0.5, 0.6) is 0 Å². The quantitative estimate of drug-likeness (QED) is 0.459. The smallest absolute Gasteiger partial charge is 0.407 e.